The van der Waals surface area contributed by atoms with Gasteiger partial charge in [-0.25, -0.2) is 4.90 Å². The van der Waals surface area contributed by atoms with Crippen LogP contribution >= 0.6 is 11.6 Å². The van der Waals surface area contributed by atoms with Crippen LogP contribution in [0.3, 0.4) is 0 Å². The van der Waals surface area contributed by atoms with Crippen LogP contribution in [-0.2, 0) is 9.59 Å². The van der Waals surface area contributed by atoms with Crippen molar-refractivity contribution in [2.24, 2.45) is 11.8 Å². The first-order valence-corrected chi connectivity index (χ1v) is 11.7. The minimum absolute atomic E-state index is 0.109. The molecule has 8 nitrogen and oxygen atoms in total. The monoisotopic (exact) mass is 499 g/mol. The lowest BCUT2D eigenvalue weighted by atomic mass is 9.83. The first-order valence-electron chi connectivity index (χ1n) is 11.3. The first kappa shape index (κ1) is 22.2. The van der Waals surface area contributed by atoms with E-state index in [1.54, 1.807) is 35.4 Å². The number of imide groups is 1. The third-order valence-electron chi connectivity index (χ3n) is 7.17. The van der Waals surface area contributed by atoms with Gasteiger partial charge in [-0.1, -0.05) is 60.1 Å². The molecule has 3 heterocycles. The summed E-state index contributed by atoms with van der Waals surface area (Å²) in [6, 6.07) is 18.0. The number of nitrogens with zero attached hydrogens (tertiary/aromatic N) is 3. The van der Waals surface area contributed by atoms with Crippen LogP contribution in [0, 0.1) is 22.0 Å². The van der Waals surface area contributed by atoms with Gasteiger partial charge in [-0.2, -0.15) is 0 Å². The lowest BCUT2D eigenvalue weighted by Gasteiger charge is -2.35. The van der Waals surface area contributed by atoms with Crippen molar-refractivity contribution in [3.8, 4) is 0 Å². The molecule has 6 rings (SSSR count). The molecule has 3 aromatic rings. The molecule has 9 heteroatoms. The second-order valence-corrected chi connectivity index (χ2v) is 9.38. The predicted molar refractivity (Wildman–Crippen MR) is 132 cm³/mol. The molecule has 2 amide bonds. The van der Waals surface area contributed by atoms with Crippen molar-refractivity contribution in [1.82, 2.24) is 4.90 Å². The summed E-state index contributed by atoms with van der Waals surface area (Å²) in [5, 5.41) is 11.6. The van der Waals surface area contributed by atoms with Crippen molar-refractivity contribution in [2.75, 3.05) is 4.90 Å². The van der Waals surface area contributed by atoms with Gasteiger partial charge in [0.05, 0.1) is 33.5 Å². The third kappa shape index (κ3) is 3.11. The summed E-state index contributed by atoms with van der Waals surface area (Å²) in [6.07, 6.45) is 3.59. The summed E-state index contributed by atoms with van der Waals surface area (Å²) in [4.78, 5) is 55.2. The number of para-hydroxylation sites is 1. The van der Waals surface area contributed by atoms with E-state index in [1.165, 1.54) is 24.3 Å². The third-order valence-corrected chi connectivity index (χ3v) is 7.48. The van der Waals surface area contributed by atoms with Crippen molar-refractivity contribution >= 4 is 46.6 Å². The Labute approximate surface area is 210 Å². The predicted octanol–water partition coefficient (Wildman–Crippen LogP) is 4.65. The number of anilines is 1. The molecule has 4 atom stereocenters. The Bertz CT molecular complexity index is 1500. The number of benzene rings is 3. The van der Waals surface area contributed by atoms with Gasteiger partial charge in [0.2, 0.25) is 11.8 Å². The van der Waals surface area contributed by atoms with E-state index in [0.717, 1.165) is 16.0 Å². The van der Waals surface area contributed by atoms with Crippen LogP contribution in [0.25, 0.3) is 6.08 Å². The highest BCUT2D eigenvalue weighted by molar-refractivity contribution is 6.36. The van der Waals surface area contributed by atoms with Gasteiger partial charge in [0, 0.05) is 23.9 Å². The maximum atomic E-state index is 13.9. The van der Waals surface area contributed by atoms with Crippen LogP contribution in [0.15, 0.2) is 79.0 Å². The largest absolute Gasteiger partial charge is 0.358 e. The number of non-ortho nitro benzene ring substituents is 1. The number of ketones is 1. The van der Waals surface area contributed by atoms with Gasteiger partial charge < -0.3 is 4.90 Å². The Balaban J connectivity index is 1.51. The molecule has 0 saturated carbocycles. The number of amides is 2. The number of Topliss-reactive ketones (excluding diaryl/α,β-unsaturated/α-hetero) is 1. The number of carbonyl (C=O) groups excluding carboxylic acids is 3. The maximum absolute atomic E-state index is 13.9. The zero-order chi connectivity index (χ0) is 25.1. The molecule has 0 radical (unpaired) electrons. The molecule has 0 aliphatic carbocycles. The topological polar surface area (TPSA) is 101 Å². The van der Waals surface area contributed by atoms with Crippen LogP contribution in [0.5, 0.6) is 0 Å². The molecule has 2 fully saturated rings. The highest BCUT2D eigenvalue weighted by Gasteiger charge is 2.64. The van der Waals surface area contributed by atoms with Crippen LogP contribution in [0.1, 0.15) is 27.5 Å². The molecule has 3 aliphatic heterocycles. The molecule has 0 spiro atoms. The summed E-state index contributed by atoms with van der Waals surface area (Å²) in [6.45, 7) is 0. The maximum Gasteiger partial charge on any atom is 0.270 e. The standard InChI is InChI=1S/C27H18ClN3O5/c28-19-10-3-4-11-20(19)30-26(33)21-22(27(30)34)24(25(32)16-7-5-8-17(14-16)31(35)36)29-13-12-15-6-1-2-9-18(15)23(21)29/h1-14,21-24H/t21-,22-,23+,24+/m0/s1. The average molecular weight is 500 g/mol. The van der Waals surface area contributed by atoms with E-state index in [4.69, 9.17) is 11.6 Å². The fourth-order valence-corrected chi connectivity index (χ4v) is 5.89. The van der Waals surface area contributed by atoms with Crippen molar-refractivity contribution in [2.45, 2.75) is 12.1 Å². The summed E-state index contributed by atoms with van der Waals surface area (Å²) in [5.41, 5.74) is 1.90. The normalized spacial score (nSPS) is 23.9. The molecule has 3 aliphatic rings. The Kier molecular flexibility index (Phi) is 5.01. The smallest absolute Gasteiger partial charge is 0.270 e. The van der Waals surface area contributed by atoms with E-state index >= 15 is 0 Å². The van der Waals surface area contributed by atoms with Crippen LogP contribution in [0.4, 0.5) is 11.4 Å². The van der Waals surface area contributed by atoms with Gasteiger partial charge in [-0.3, -0.25) is 24.5 Å². The van der Waals surface area contributed by atoms with Gasteiger partial charge in [0.25, 0.3) is 5.69 Å². The lowest BCUT2D eigenvalue weighted by Crippen LogP contribution is -2.44. The zero-order valence-corrected chi connectivity index (χ0v) is 19.4. The van der Waals surface area contributed by atoms with Crippen LogP contribution < -0.4 is 4.90 Å². The van der Waals surface area contributed by atoms with Gasteiger partial charge >= 0.3 is 0 Å². The molecule has 36 heavy (non-hydrogen) atoms. The molecular formula is C27H18ClN3O5. The Hall–Kier alpha value is -4.30. The highest BCUT2D eigenvalue weighted by Crippen LogP contribution is 2.54. The molecule has 3 aromatic carbocycles. The van der Waals surface area contributed by atoms with Gasteiger partial charge in [-0.05, 0) is 29.3 Å². The molecule has 0 bridgehead atoms. The number of halogens is 1. The number of carbonyl (C=O) groups is 3. The van der Waals surface area contributed by atoms with Gasteiger partial charge in [-0.15, -0.1) is 0 Å². The summed E-state index contributed by atoms with van der Waals surface area (Å²) < 4.78 is 0. The second-order valence-electron chi connectivity index (χ2n) is 8.97. The molecule has 0 unspecified atom stereocenters. The molecular weight excluding hydrogens is 482 g/mol. The van der Waals surface area contributed by atoms with E-state index in [9.17, 15) is 24.5 Å². The van der Waals surface area contributed by atoms with E-state index in [0.29, 0.717) is 0 Å². The van der Waals surface area contributed by atoms with Gasteiger partial charge in [0.1, 0.15) is 6.04 Å². The number of hydrogen-bond acceptors (Lipinski definition) is 6. The fraction of sp³-hybridized carbons (Fsp3) is 0.148. The number of fused-ring (bicyclic) bond motifs is 5. The SMILES string of the molecule is O=C(c1cccc([N+](=O)[O-])c1)[C@H]1[C@H]2C(=O)N(c3ccccc3Cl)C(=O)[C@@H]2[C@H]2c3ccccc3C=CN21. The van der Waals surface area contributed by atoms with Crippen LogP contribution in [0.2, 0.25) is 5.02 Å². The Morgan fingerprint density at radius 2 is 1.64 bits per heavy atom. The van der Waals surface area contributed by atoms with E-state index < -0.39 is 46.4 Å². The summed E-state index contributed by atoms with van der Waals surface area (Å²) in [7, 11) is 0. The number of nitro groups is 1. The van der Waals surface area contributed by atoms with Gasteiger partial charge in [0.15, 0.2) is 5.78 Å². The minimum atomic E-state index is -1.02. The zero-order valence-electron chi connectivity index (χ0n) is 18.7. The number of nitro benzene ring substituents is 1. The summed E-state index contributed by atoms with van der Waals surface area (Å²) in [5.74, 6) is -3.20. The minimum Gasteiger partial charge on any atom is -0.358 e. The van der Waals surface area contributed by atoms with Crippen molar-refractivity contribution in [3.63, 3.8) is 0 Å². The highest BCUT2D eigenvalue weighted by atomic mass is 35.5. The molecule has 2 saturated heterocycles. The fourth-order valence-electron chi connectivity index (χ4n) is 5.67. The average Bonchev–Trinajstić information content (AvgIpc) is 3.36. The summed E-state index contributed by atoms with van der Waals surface area (Å²) >= 11 is 6.35. The van der Waals surface area contributed by atoms with E-state index in [-0.39, 0.29) is 22.0 Å². The van der Waals surface area contributed by atoms with E-state index in [1.807, 2.05) is 30.3 Å². The Morgan fingerprint density at radius 3 is 2.42 bits per heavy atom. The van der Waals surface area contributed by atoms with Crippen LogP contribution in [-0.4, -0.2) is 33.5 Å². The molecule has 0 aromatic heterocycles. The number of hydrogen-bond donors (Lipinski definition) is 0. The quantitative estimate of drug-likeness (QED) is 0.224. The van der Waals surface area contributed by atoms with Crippen molar-refractivity contribution in [3.05, 3.63) is 111 Å². The van der Waals surface area contributed by atoms with Crippen molar-refractivity contribution in [1.29, 1.82) is 0 Å². The van der Waals surface area contributed by atoms with Crippen molar-refractivity contribution < 1.29 is 19.3 Å². The van der Waals surface area contributed by atoms with E-state index in [2.05, 4.69) is 0 Å². The molecule has 178 valence electrons. The second kappa shape index (κ2) is 8.13. The molecule has 0 N–H and O–H groups in total. The first-order chi connectivity index (χ1) is 17.4. The number of rotatable bonds is 4. The lowest BCUT2D eigenvalue weighted by molar-refractivity contribution is -0.384. The Morgan fingerprint density at radius 1 is 0.917 bits per heavy atom.